The molecule has 7 heteroatoms. The van der Waals surface area contributed by atoms with E-state index in [9.17, 15) is 13.6 Å². The van der Waals surface area contributed by atoms with E-state index in [-0.39, 0.29) is 17.5 Å². The van der Waals surface area contributed by atoms with E-state index in [1.165, 1.54) is 18.5 Å². The number of carbonyl (C=O) groups is 1. The van der Waals surface area contributed by atoms with Gasteiger partial charge in [0.2, 0.25) is 5.95 Å². The maximum absolute atomic E-state index is 13.7. The molecule has 0 unspecified atom stereocenters. The summed E-state index contributed by atoms with van der Waals surface area (Å²) >= 11 is 0. The molecule has 0 saturated carbocycles. The van der Waals surface area contributed by atoms with Crippen LogP contribution in [0, 0.1) is 11.6 Å². The molecule has 0 aliphatic heterocycles. The van der Waals surface area contributed by atoms with Crippen LogP contribution >= 0.6 is 0 Å². The van der Waals surface area contributed by atoms with Gasteiger partial charge < -0.3 is 10.2 Å². The number of hydrogen-bond acceptors (Lipinski definition) is 4. The fourth-order valence-corrected chi connectivity index (χ4v) is 2.42. The smallest absolute Gasteiger partial charge is 0.261 e. The SMILES string of the molecule is CCN(C(=O)c1cnc(Nc2ccc(F)cc2F)nc1)c1ccccc1. The molecule has 3 rings (SSSR count). The second-order valence-corrected chi connectivity index (χ2v) is 5.43. The predicted molar refractivity (Wildman–Crippen MR) is 95.5 cm³/mol. The van der Waals surface area contributed by atoms with Crippen LogP contribution in [0.1, 0.15) is 17.3 Å². The summed E-state index contributed by atoms with van der Waals surface area (Å²) in [5.74, 6) is -1.56. The van der Waals surface area contributed by atoms with Gasteiger partial charge in [-0.25, -0.2) is 18.7 Å². The van der Waals surface area contributed by atoms with Gasteiger partial charge in [-0.3, -0.25) is 4.79 Å². The Morgan fingerprint density at radius 2 is 1.77 bits per heavy atom. The van der Waals surface area contributed by atoms with Gasteiger partial charge in [0.15, 0.2) is 0 Å². The van der Waals surface area contributed by atoms with Crippen LogP contribution in [0.3, 0.4) is 0 Å². The van der Waals surface area contributed by atoms with E-state index in [4.69, 9.17) is 0 Å². The lowest BCUT2D eigenvalue weighted by molar-refractivity contribution is 0.0987. The molecule has 1 heterocycles. The van der Waals surface area contributed by atoms with Crippen LogP contribution in [0.25, 0.3) is 0 Å². The van der Waals surface area contributed by atoms with Gasteiger partial charge in [0.05, 0.1) is 11.3 Å². The molecular formula is C19H16F2N4O. The number of nitrogens with one attached hydrogen (secondary N) is 1. The molecule has 0 atom stereocenters. The molecule has 0 radical (unpaired) electrons. The van der Waals surface area contributed by atoms with Gasteiger partial charge in [-0.1, -0.05) is 18.2 Å². The molecule has 0 aliphatic carbocycles. The third kappa shape index (κ3) is 3.83. The van der Waals surface area contributed by atoms with Gasteiger partial charge in [-0.2, -0.15) is 0 Å². The summed E-state index contributed by atoms with van der Waals surface area (Å²) in [5.41, 5.74) is 1.13. The molecule has 5 nitrogen and oxygen atoms in total. The first kappa shape index (κ1) is 17.5. The minimum atomic E-state index is -0.755. The van der Waals surface area contributed by atoms with Crippen molar-refractivity contribution in [3.63, 3.8) is 0 Å². The van der Waals surface area contributed by atoms with E-state index >= 15 is 0 Å². The number of aromatic nitrogens is 2. The summed E-state index contributed by atoms with van der Waals surface area (Å²) in [5, 5.41) is 2.65. The van der Waals surface area contributed by atoms with Crippen LogP contribution in [0.15, 0.2) is 60.9 Å². The van der Waals surface area contributed by atoms with Crippen molar-refractivity contribution in [3.8, 4) is 0 Å². The largest absolute Gasteiger partial charge is 0.322 e. The summed E-state index contributed by atoms with van der Waals surface area (Å²) in [6, 6.07) is 12.4. The quantitative estimate of drug-likeness (QED) is 0.747. The standard InChI is InChI=1S/C19H16F2N4O/c1-2-25(15-6-4-3-5-7-15)18(26)13-11-22-19(23-12-13)24-17-9-8-14(20)10-16(17)21/h3-12H,2H2,1H3,(H,22,23,24). The molecule has 3 aromatic rings. The van der Waals surface area contributed by atoms with Crippen LogP contribution in [-0.2, 0) is 0 Å². The van der Waals surface area contributed by atoms with Gasteiger partial charge >= 0.3 is 0 Å². The number of hydrogen-bond donors (Lipinski definition) is 1. The van der Waals surface area contributed by atoms with E-state index in [0.717, 1.165) is 17.8 Å². The zero-order valence-electron chi connectivity index (χ0n) is 14.0. The van der Waals surface area contributed by atoms with Crippen molar-refractivity contribution in [3.05, 3.63) is 78.1 Å². The summed E-state index contributed by atoms with van der Waals surface area (Å²) in [4.78, 5) is 22.3. The van der Waals surface area contributed by atoms with Crippen LogP contribution in [0.4, 0.5) is 26.1 Å². The number of benzene rings is 2. The molecule has 1 N–H and O–H groups in total. The summed E-state index contributed by atoms with van der Waals surface area (Å²) in [7, 11) is 0. The fraction of sp³-hybridized carbons (Fsp3) is 0.105. The maximum Gasteiger partial charge on any atom is 0.261 e. The lowest BCUT2D eigenvalue weighted by atomic mass is 10.2. The molecular weight excluding hydrogens is 338 g/mol. The highest BCUT2D eigenvalue weighted by Crippen LogP contribution is 2.19. The Balaban J connectivity index is 1.77. The first-order valence-electron chi connectivity index (χ1n) is 7.99. The first-order valence-corrected chi connectivity index (χ1v) is 7.99. The number of anilines is 3. The van der Waals surface area contributed by atoms with Crippen molar-refractivity contribution < 1.29 is 13.6 Å². The number of amides is 1. The number of carbonyl (C=O) groups excluding carboxylic acids is 1. The fourth-order valence-electron chi connectivity index (χ4n) is 2.42. The van der Waals surface area contributed by atoms with E-state index in [1.54, 1.807) is 4.90 Å². The number of para-hydroxylation sites is 1. The zero-order valence-corrected chi connectivity index (χ0v) is 14.0. The zero-order chi connectivity index (χ0) is 18.5. The Labute approximate surface area is 149 Å². The molecule has 0 saturated heterocycles. The topological polar surface area (TPSA) is 58.1 Å². The van der Waals surface area contributed by atoms with Crippen molar-refractivity contribution in [1.29, 1.82) is 0 Å². The van der Waals surface area contributed by atoms with Crippen molar-refractivity contribution in [2.45, 2.75) is 6.92 Å². The van der Waals surface area contributed by atoms with Crippen LogP contribution in [0.5, 0.6) is 0 Å². The molecule has 2 aromatic carbocycles. The molecule has 0 bridgehead atoms. The van der Waals surface area contributed by atoms with Crippen molar-refractivity contribution in [1.82, 2.24) is 9.97 Å². The average molecular weight is 354 g/mol. The highest BCUT2D eigenvalue weighted by Gasteiger charge is 2.17. The maximum atomic E-state index is 13.7. The first-order chi connectivity index (χ1) is 12.6. The lowest BCUT2D eigenvalue weighted by Gasteiger charge is -2.20. The van der Waals surface area contributed by atoms with Gasteiger partial charge in [-0.15, -0.1) is 0 Å². The molecule has 1 amide bonds. The van der Waals surface area contributed by atoms with E-state index < -0.39 is 11.6 Å². The van der Waals surface area contributed by atoms with Gasteiger partial charge in [-0.05, 0) is 31.2 Å². The minimum Gasteiger partial charge on any atom is -0.322 e. The summed E-state index contributed by atoms with van der Waals surface area (Å²) in [6.45, 7) is 2.36. The average Bonchev–Trinajstić information content (AvgIpc) is 2.66. The second-order valence-electron chi connectivity index (χ2n) is 5.43. The third-order valence-electron chi connectivity index (χ3n) is 3.71. The van der Waals surface area contributed by atoms with Crippen molar-refractivity contribution >= 4 is 23.2 Å². The highest BCUT2D eigenvalue weighted by atomic mass is 19.1. The Morgan fingerprint density at radius 1 is 1.08 bits per heavy atom. The molecule has 0 fully saturated rings. The Hall–Kier alpha value is -3.35. The summed E-state index contributed by atoms with van der Waals surface area (Å²) < 4.78 is 26.6. The Bertz CT molecular complexity index is 901. The van der Waals surface area contributed by atoms with Crippen LogP contribution < -0.4 is 10.2 Å². The monoisotopic (exact) mass is 354 g/mol. The number of rotatable bonds is 5. The van der Waals surface area contributed by atoms with Crippen LogP contribution in [-0.4, -0.2) is 22.4 Å². The van der Waals surface area contributed by atoms with Gasteiger partial charge in [0.25, 0.3) is 5.91 Å². The van der Waals surface area contributed by atoms with Gasteiger partial charge in [0.1, 0.15) is 11.6 Å². The molecule has 1 aromatic heterocycles. The second kappa shape index (κ2) is 7.69. The van der Waals surface area contributed by atoms with Crippen molar-refractivity contribution in [2.75, 3.05) is 16.8 Å². The van der Waals surface area contributed by atoms with Crippen LogP contribution in [0.2, 0.25) is 0 Å². The van der Waals surface area contributed by atoms with E-state index in [1.807, 2.05) is 37.3 Å². The highest BCUT2D eigenvalue weighted by molar-refractivity contribution is 6.05. The molecule has 26 heavy (non-hydrogen) atoms. The van der Waals surface area contributed by atoms with Gasteiger partial charge in [0, 0.05) is 30.7 Å². The normalized spacial score (nSPS) is 10.4. The Kier molecular flexibility index (Phi) is 5.17. The predicted octanol–water partition coefficient (Wildman–Crippen LogP) is 4.17. The minimum absolute atomic E-state index is 0.0462. The van der Waals surface area contributed by atoms with E-state index in [0.29, 0.717) is 12.1 Å². The Morgan fingerprint density at radius 3 is 2.38 bits per heavy atom. The molecule has 0 aliphatic rings. The number of nitrogens with zero attached hydrogens (tertiary/aromatic N) is 3. The number of halogens is 2. The third-order valence-corrected chi connectivity index (χ3v) is 3.71. The molecule has 132 valence electrons. The lowest BCUT2D eigenvalue weighted by Crippen LogP contribution is -2.30. The van der Waals surface area contributed by atoms with E-state index in [2.05, 4.69) is 15.3 Å². The molecule has 0 spiro atoms. The van der Waals surface area contributed by atoms with Crippen molar-refractivity contribution in [2.24, 2.45) is 0 Å². The summed E-state index contributed by atoms with van der Waals surface area (Å²) in [6.07, 6.45) is 2.73.